The zero-order valence-corrected chi connectivity index (χ0v) is 19.1. The van der Waals surface area contributed by atoms with E-state index in [0.29, 0.717) is 29.6 Å². The topological polar surface area (TPSA) is 79.6 Å². The molecule has 2 heterocycles. The molecule has 2 aromatic carbocycles. The van der Waals surface area contributed by atoms with Crippen LogP contribution >= 0.6 is 0 Å². The maximum absolute atomic E-state index is 13.1. The normalized spacial score (nSPS) is 19.6. The van der Waals surface area contributed by atoms with Gasteiger partial charge in [0.05, 0.1) is 10.9 Å². The van der Waals surface area contributed by atoms with E-state index < -0.39 is 10.0 Å². The lowest BCUT2D eigenvalue weighted by Crippen LogP contribution is -2.35. The Morgan fingerprint density at radius 1 is 1.06 bits per heavy atom. The number of piperidine rings is 1. The Balaban J connectivity index is 1.43. The van der Waals surface area contributed by atoms with Gasteiger partial charge >= 0.3 is 0 Å². The summed E-state index contributed by atoms with van der Waals surface area (Å²) in [4.78, 5) is 13.4. The van der Waals surface area contributed by atoms with Crippen LogP contribution in [-0.2, 0) is 16.4 Å². The Bertz CT molecular complexity index is 1270. The zero-order valence-electron chi connectivity index (χ0n) is 18.3. The standard InChI is InChI=1S/C25H28N2O4S/c1-17-21-16-19(32(29,30)27-14-5-2-6-15-27)12-13-23(21)31-24(17)25(28)26-22-11-7-9-18-8-3-4-10-20(18)22/h3-4,8,10,12-13,16,22H,2,5-7,9,11,14-15H2,1H3,(H,26,28)/t22-/m0/s1. The predicted molar refractivity (Wildman–Crippen MR) is 123 cm³/mol. The van der Waals surface area contributed by atoms with Crippen LogP contribution in [0.15, 0.2) is 51.8 Å². The molecule has 7 heteroatoms. The molecule has 0 unspecified atom stereocenters. The van der Waals surface area contributed by atoms with E-state index in [1.165, 1.54) is 5.56 Å². The van der Waals surface area contributed by atoms with Crippen LogP contribution in [0.5, 0.6) is 0 Å². The monoisotopic (exact) mass is 452 g/mol. The van der Waals surface area contributed by atoms with E-state index in [9.17, 15) is 13.2 Å². The molecule has 6 nitrogen and oxygen atoms in total. The number of hydrogen-bond acceptors (Lipinski definition) is 4. The van der Waals surface area contributed by atoms with Crippen LogP contribution in [-0.4, -0.2) is 31.7 Å². The molecule has 1 aliphatic heterocycles. The van der Waals surface area contributed by atoms with Gasteiger partial charge < -0.3 is 9.73 Å². The number of benzene rings is 2. The number of carbonyl (C=O) groups excluding carboxylic acids is 1. The van der Waals surface area contributed by atoms with Crippen LogP contribution < -0.4 is 5.32 Å². The lowest BCUT2D eigenvalue weighted by molar-refractivity contribution is 0.0906. The van der Waals surface area contributed by atoms with Crippen LogP contribution in [0.25, 0.3) is 11.0 Å². The van der Waals surface area contributed by atoms with Crippen LogP contribution in [0.4, 0.5) is 0 Å². The van der Waals surface area contributed by atoms with Gasteiger partial charge in [-0.05, 0) is 68.4 Å². The Hall–Kier alpha value is -2.64. The quantitative estimate of drug-likeness (QED) is 0.621. The first-order valence-corrected chi connectivity index (χ1v) is 12.8. The van der Waals surface area contributed by atoms with Crippen LogP contribution in [0.2, 0.25) is 0 Å². The number of nitrogens with zero attached hydrogens (tertiary/aromatic N) is 1. The molecule has 0 spiro atoms. The van der Waals surface area contributed by atoms with Gasteiger partial charge in [0, 0.05) is 24.0 Å². The number of sulfonamides is 1. The van der Waals surface area contributed by atoms with Crippen LogP contribution in [0.3, 0.4) is 0 Å². The van der Waals surface area contributed by atoms with Gasteiger partial charge in [0.2, 0.25) is 10.0 Å². The van der Waals surface area contributed by atoms with Gasteiger partial charge in [0.25, 0.3) is 5.91 Å². The minimum Gasteiger partial charge on any atom is -0.451 e. The summed E-state index contributed by atoms with van der Waals surface area (Å²) in [5, 5.41) is 3.79. The maximum atomic E-state index is 13.1. The second kappa shape index (κ2) is 8.37. The van der Waals surface area contributed by atoms with Gasteiger partial charge in [-0.3, -0.25) is 4.79 Å². The number of amides is 1. The van der Waals surface area contributed by atoms with Crippen molar-refractivity contribution in [1.29, 1.82) is 0 Å². The van der Waals surface area contributed by atoms with E-state index >= 15 is 0 Å². The Kier molecular flexibility index (Phi) is 5.55. The second-order valence-electron chi connectivity index (χ2n) is 8.80. The van der Waals surface area contributed by atoms with Crippen LogP contribution in [0, 0.1) is 6.92 Å². The second-order valence-corrected chi connectivity index (χ2v) is 10.7. The van der Waals surface area contributed by atoms with Crippen molar-refractivity contribution < 1.29 is 17.6 Å². The predicted octanol–water partition coefficient (Wildman–Crippen LogP) is 4.72. The number of nitrogens with one attached hydrogen (secondary N) is 1. The molecule has 5 rings (SSSR count). The molecule has 1 atom stereocenters. The highest BCUT2D eigenvalue weighted by Gasteiger charge is 2.28. The Morgan fingerprint density at radius 2 is 1.84 bits per heavy atom. The third kappa shape index (κ3) is 3.73. The molecule has 1 saturated heterocycles. The van der Waals surface area contributed by atoms with E-state index in [-0.39, 0.29) is 22.6 Å². The smallest absolute Gasteiger partial charge is 0.287 e. The van der Waals surface area contributed by atoms with E-state index in [1.807, 2.05) is 19.1 Å². The molecular formula is C25H28N2O4S. The van der Waals surface area contributed by atoms with E-state index in [0.717, 1.165) is 44.1 Å². The summed E-state index contributed by atoms with van der Waals surface area (Å²) in [6.45, 7) is 2.93. The molecule has 0 bridgehead atoms. The molecule has 0 saturated carbocycles. The van der Waals surface area contributed by atoms with Crippen molar-refractivity contribution in [3.05, 3.63) is 64.9 Å². The summed E-state index contributed by atoms with van der Waals surface area (Å²) in [5.74, 6) is -0.0172. The van der Waals surface area contributed by atoms with E-state index in [1.54, 1.807) is 22.5 Å². The molecule has 1 N–H and O–H groups in total. The average Bonchev–Trinajstić information content (AvgIpc) is 3.16. The summed E-state index contributed by atoms with van der Waals surface area (Å²) < 4.78 is 33.6. The third-order valence-electron chi connectivity index (χ3n) is 6.74. The number of fused-ring (bicyclic) bond motifs is 2. The third-order valence-corrected chi connectivity index (χ3v) is 8.64. The molecule has 1 fully saturated rings. The lowest BCUT2D eigenvalue weighted by atomic mass is 9.87. The molecule has 1 aromatic heterocycles. The minimum absolute atomic E-state index is 0.0462. The number of hydrogen-bond donors (Lipinski definition) is 1. The van der Waals surface area contributed by atoms with Crippen molar-refractivity contribution in [3.8, 4) is 0 Å². The molecule has 32 heavy (non-hydrogen) atoms. The molecule has 1 amide bonds. The van der Waals surface area contributed by atoms with Gasteiger partial charge in [-0.1, -0.05) is 30.7 Å². The summed E-state index contributed by atoms with van der Waals surface area (Å²) in [6, 6.07) is 13.1. The SMILES string of the molecule is Cc1c(C(=O)N[C@H]2CCCc3ccccc32)oc2ccc(S(=O)(=O)N3CCCCC3)cc12. The van der Waals surface area contributed by atoms with Gasteiger partial charge in [-0.15, -0.1) is 0 Å². The fraction of sp³-hybridized carbons (Fsp3) is 0.400. The highest BCUT2D eigenvalue weighted by molar-refractivity contribution is 7.89. The summed E-state index contributed by atoms with van der Waals surface area (Å²) >= 11 is 0. The Labute approximate surface area is 188 Å². The van der Waals surface area contributed by atoms with Gasteiger partial charge in [0.15, 0.2) is 5.76 Å². The van der Waals surface area contributed by atoms with Crippen molar-refractivity contribution in [2.24, 2.45) is 0 Å². The molecule has 168 valence electrons. The van der Waals surface area contributed by atoms with Gasteiger partial charge in [0.1, 0.15) is 5.58 Å². The first kappa shape index (κ1) is 21.2. The first-order chi connectivity index (χ1) is 15.4. The largest absolute Gasteiger partial charge is 0.451 e. The molecule has 2 aliphatic rings. The Morgan fingerprint density at radius 3 is 2.66 bits per heavy atom. The van der Waals surface area contributed by atoms with Crippen molar-refractivity contribution in [1.82, 2.24) is 9.62 Å². The van der Waals surface area contributed by atoms with Crippen molar-refractivity contribution in [2.75, 3.05) is 13.1 Å². The fourth-order valence-corrected chi connectivity index (χ4v) is 6.50. The summed E-state index contributed by atoms with van der Waals surface area (Å²) in [6.07, 6.45) is 5.79. The number of carbonyl (C=O) groups is 1. The summed E-state index contributed by atoms with van der Waals surface area (Å²) in [5.41, 5.74) is 3.63. The maximum Gasteiger partial charge on any atom is 0.287 e. The highest BCUT2D eigenvalue weighted by atomic mass is 32.2. The van der Waals surface area contributed by atoms with E-state index in [4.69, 9.17) is 4.42 Å². The number of aryl methyl sites for hydroxylation is 2. The summed E-state index contributed by atoms with van der Waals surface area (Å²) in [7, 11) is -3.55. The van der Waals surface area contributed by atoms with Crippen molar-refractivity contribution in [3.63, 3.8) is 0 Å². The first-order valence-electron chi connectivity index (χ1n) is 11.4. The number of rotatable bonds is 4. The molecule has 1 aliphatic carbocycles. The average molecular weight is 453 g/mol. The highest BCUT2D eigenvalue weighted by Crippen LogP contribution is 2.32. The minimum atomic E-state index is -3.55. The number of furan rings is 1. The molecular weight excluding hydrogens is 424 g/mol. The molecule has 3 aromatic rings. The van der Waals surface area contributed by atoms with Crippen LogP contribution in [0.1, 0.15) is 65.4 Å². The molecule has 0 radical (unpaired) electrons. The van der Waals surface area contributed by atoms with Gasteiger partial charge in [-0.2, -0.15) is 4.31 Å². The van der Waals surface area contributed by atoms with E-state index in [2.05, 4.69) is 17.4 Å². The van der Waals surface area contributed by atoms with Crippen molar-refractivity contribution >= 4 is 26.9 Å². The lowest BCUT2D eigenvalue weighted by Gasteiger charge is -2.26. The van der Waals surface area contributed by atoms with Crippen molar-refractivity contribution in [2.45, 2.75) is 56.4 Å². The van der Waals surface area contributed by atoms with Gasteiger partial charge in [-0.25, -0.2) is 8.42 Å². The zero-order chi connectivity index (χ0) is 22.3. The fourth-order valence-electron chi connectivity index (χ4n) is 4.96.